The molecule has 0 saturated heterocycles. The van der Waals surface area contributed by atoms with E-state index in [0.29, 0.717) is 0 Å². The van der Waals surface area contributed by atoms with Crippen LogP contribution >= 0.6 is 12.2 Å². The van der Waals surface area contributed by atoms with Gasteiger partial charge < -0.3 is 0 Å². The third-order valence-electron chi connectivity index (χ3n) is 4.03. The predicted octanol–water partition coefficient (Wildman–Crippen LogP) is 5.13. The van der Waals surface area contributed by atoms with Crippen molar-refractivity contribution >= 4 is 23.1 Å². The molecule has 0 unspecified atom stereocenters. The number of rotatable bonds is 2. The Balaban J connectivity index is 2.16. The maximum Gasteiger partial charge on any atom is 0.164 e. The molecule has 0 saturated carbocycles. The molecule has 0 fully saturated rings. The molecular weight excluding hydrogens is 314 g/mol. The normalized spacial score (nSPS) is 10.9. The fourth-order valence-electron chi connectivity index (χ4n) is 2.84. The second-order valence-corrected chi connectivity index (χ2v) is 5.98. The Kier molecular flexibility index (Phi) is 3.67. The van der Waals surface area contributed by atoms with Crippen molar-refractivity contribution in [2.45, 2.75) is 6.92 Å². The largest absolute Gasteiger partial charge is 0.283 e. The number of fused-ring (bicyclic) bond motifs is 1. The summed E-state index contributed by atoms with van der Waals surface area (Å²) in [6.45, 7) is 2.08. The van der Waals surface area contributed by atoms with Crippen molar-refractivity contribution < 1.29 is 0 Å². The van der Waals surface area contributed by atoms with Gasteiger partial charge in [-0.3, -0.25) is 9.55 Å². The Morgan fingerprint density at radius 2 is 1.62 bits per heavy atom. The summed E-state index contributed by atoms with van der Waals surface area (Å²) in [6, 6.07) is 22.0. The van der Waals surface area contributed by atoms with Gasteiger partial charge in [-0.15, -0.1) is 0 Å². The molecule has 0 radical (unpaired) electrons. The Morgan fingerprint density at radius 1 is 0.875 bits per heavy atom. The first-order chi connectivity index (χ1) is 11.8. The topological polar surface area (TPSA) is 30.7 Å². The van der Waals surface area contributed by atoms with Crippen LogP contribution in [-0.4, -0.2) is 14.5 Å². The summed E-state index contributed by atoms with van der Waals surface area (Å²) in [7, 11) is 0. The summed E-state index contributed by atoms with van der Waals surface area (Å²) in [5.74, 6) is 0.758. The van der Waals surface area contributed by atoms with E-state index in [4.69, 9.17) is 17.2 Å². The number of aryl methyl sites for hydroxylation is 1. The first kappa shape index (κ1) is 14.7. The Hall–Kier alpha value is -2.85. The molecule has 0 bridgehead atoms. The van der Waals surface area contributed by atoms with Crippen LogP contribution < -0.4 is 0 Å². The Morgan fingerprint density at radius 3 is 2.42 bits per heavy atom. The van der Waals surface area contributed by atoms with Gasteiger partial charge in [0.25, 0.3) is 0 Å². The second kappa shape index (κ2) is 5.98. The highest BCUT2D eigenvalue weighted by molar-refractivity contribution is 7.71. The highest BCUT2D eigenvalue weighted by Gasteiger charge is 2.14. The molecule has 0 N–H and O–H groups in total. The molecule has 4 heteroatoms. The average Bonchev–Trinajstić information content (AvgIpc) is 2.63. The molecule has 0 aliphatic rings. The van der Waals surface area contributed by atoms with Crippen LogP contribution in [0.1, 0.15) is 5.56 Å². The van der Waals surface area contributed by atoms with Gasteiger partial charge in [0.2, 0.25) is 0 Å². The minimum Gasteiger partial charge on any atom is -0.283 e. The Bertz CT molecular complexity index is 1080. The molecule has 4 aromatic rings. The van der Waals surface area contributed by atoms with E-state index in [-0.39, 0.29) is 0 Å². The summed E-state index contributed by atoms with van der Waals surface area (Å²) in [6.07, 6.45) is 1.78. The lowest BCUT2D eigenvalue weighted by atomic mass is 10.1. The molecule has 0 aliphatic heterocycles. The van der Waals surface area contributed by atoms with Crippen molar-refractivity contribution in [2.75, 3.05) is 0 Å². The van der Waals surface area contributed by atoms with Gasteiger partial charge in [-0.05, 0) is 42.8 Å². The fourth-order valence-corrected chi connectivity index (χ4v) is 3.19. The van der Waals surface area contributed by atoms with Gasteiger partial charge >= 0.3 is 0 Å². The SMILES string of the molecule is Cc1ccccc1-n1c(-c2ccccn2)nc2ccccc2c1=S. The van der Waals surface area contributed by atoms with Crippen LogP contribution in [0.4, 0.5) is 0 Å². The maximum absolute atomic E-state index is 5.82. The zero-order valence-corrected chi connectivity index (χ0v) is 14.0. The summed E-state index contributed by atoms with van der Waals surface area (Å²) in [4.78, 5) is 9.34. The summed E-state index contributed by atoms with van der Waals surface area (Å²) in [5.41, 5.74) is 3.86. The highest BCUT2D eigenvalue weighted by atomic mass is 32.1. The van der Waals surface area contributed by atoms with E-state index in [9.17, 15) is 0 Å². The molecule has 2 aromatic carbocycles. The number of aromatic nitrogens is 3. The highest BCUT2D eigenvalue weighted by Crippen LogP contribution is 2.26. The number of nitrogens with zero attached hydrogens (tertiary/aromatic N) is 3. The minimum atomic E-state index is 0.746. The summed E-state index contributed by atoms with van der Waals surface area (Å²) in [5, 5.41) is 0.968. The fraction of sp³-hybridized carbons (Fsp3) is 0.0500. The number of benzene rings is 2. The minimum absolute atomic E-state index is 0.746. The van der Waals surface area contributed by atoms with Crippen LogP contribution in [0.2, 0.25) is 0 Å². The molecule has 2 heterocycles. The molecule has 24 heavy (non-hydrogen) atoms. The molecular formula is C20H15N3S. The number of hydrogen-bond acceptors (Lipinski definition) is 3. The van der Waals surface area contributed by atoms with Crippen molar-refractivity contribution in [1.82, 2.24) is 14.5 Å². The van der Waals surface area contributed by atoms with Gasteiger partial charge in [0.15, 0.2) is 5.82 Å². The van der Waals surface area contributed by atoms with Crippen molar-refractivity contribution in [1.29, 1.82) is 0 Å². The zero-order valence-electron chi connectivity index (χ0n) is 13.2. The third-order valence-corrected chi connectivity index (χ3v) is 4.43. The van der Waals surface area contributed by atoms with Crippen molar-refractivity contribution in [3.8, 4) is 17.2 Å². The monoisotopic (exact) mass is 329 g/mol. The molecule has 0 spiro atoms. The lowest BCUT2D eigenvalue weighted by Crippen LogP contribution is -2.07. The standard InChI is InChI=1S/C20H15N3S/c1-14-8-2-5-12-18(14)23-19(17-11-6-7-13-21-17)22-16-10-4-3-9-15(16)20(23)24/h2-13H,1H3. The van der Waals surface area contributed by atoms with E-state index >= 15 is 0 Å². The molecule has 4 rings (SSSR count). The second-order valence-electron chi connectivity index (χ2n) is 5.59. The van der Waals surface area contributed by atoms with Crippen LogP contribution in [0.5, 0.6) is 0 Å². The number of hydrogen-bond donors (Lipinski definition) is 0. The van der Waals surface area contributed by atoms with Gasteiger partial charge in [0.05, 0.1) is 11.2 Å². The van der Waals surface area contributed by atoms with E-state index in [2.05, 4.69) is 24.0 Å². The van der Waals surface area contributed by atoms with E-state index in [0.717, 1.165) is 38.3 Å². The van der Waals surface area contributed by atoms with E-state index in [1.54, 1.807) is 6.20 Å². The van der Waals surface area contributed by atoms with Crippen molar-refractivity contribution in [3.05, 3.63) is 83.1 Å². The Labute approximate surface area is 145 Å². The molecule has 2 aromatic heterocycles. The van der Waals surface area contributed by atoms with Crippen LogP contribution in [0.3, 0.4) is 0 Å². The van der Waals surface area contributed by atoms with Crippen LogP contribution in [0.15, 0.2) is 72.9 Å². The van der Waals surface area contributed by atoms with Crippen LogP contribution in [-0.2, 0) is 0 Å². The summed E-state index contributed by atoms with van der Waals surface area (Å²) < 4.78 is 2.77. The molecule has 0 aliphatic carbocycles. The summed E-state index contributed by atoms with van der Waals surface area (Å²) >= 11 is 5.82. The molecule has 0 atom stereocenters. The number of para-hydroxylation sites is 2. The van der Waals surface area contributed by atoms with Gasteiger partial charge in [-0.1, -0.05) is 48.6 Å². The van der Waals surface area contributed by atoms with E-state index < -0.39 is 0 Å². The lowest BCUT2D eigenvalue weighted by molar-refractivity contribution is 0.980. The van der Waals surface area contributed by atoms with Gasteiger partial charge in [-0.25, -0.2) is 4.98 Å². The van der Waals surface area contributed by atoms with Gasteiger partial charge in [-0.2, -0.15) is 0 Å². The van der Waals surface area contributed by atoms with Gasteiger partial charge in [0.1, 0.15) is 10.3 Å². The third kappa shape index (κ3) is 2.41. The maximum atomic E-state index is 5.82. The quantitative estimate of drug-likeness (QED) is 0.478. The van der Waals surface area contributed by atoms with E-state index in [1.807, 2.05) is 59.2 Å². The first-order valence-electron chi connectivity index (χ1n) is 7.75. The van der Waals surface area contributed by atoms with Crippen LogP contribution in [0, 0.1) is 11.6 Å². The average molecular weight is 329 g/mol. The zero-order chi connectivity index (χ0) is 16.5. The van der Waals surface area contributed by atoms with Crippen LogP contribution in [0.25, 0.3) is 28.1 Å². The van der Waals surface area contributed by atoms with Crippen molar-refractivity contribution in [3.63, 3.8) is 0 Å². The first-order valence-corrected chi connectivity index (χ1v) is 8.16. The lowest BCUT2D eigenvalue weighted by Gasteiger charge is -2.16. The molecule has 0 amide bonds. The molecule has 116 valence electrons. The van der Waals surface area contributed by atoms with Gasteiger partial charge in [0, 0.05) is 11.6 Å². The number of pyridine rings is 1. The predicted molar refractivity (Wildman–Crippen MR) is 99.9 cm³/mol. The van der Waals surface area contributed by atoms with E-state index in [1.165, 1.54) is 0 Å². The molecule has 3 nitrogen and oxygen atoms in total. The smallest absolute Gasteiger partial charge is 0.164 e. The van der Waals surface area contributed by atoms with Crippen molar-refractivity contribution in [2.24, 2.45) is 0 Å².